The first-order valence-corrected chi connectivity index (χ1v) is 9.13. The molecular formula is C20H24ClNO4. The summed E-state index contributed by atoms with van der Waals surface area (Å²) in [6, 6.07) is 9.51. The predicted octanol–water partition coefficient (Wildman–Crippen LogP) is 4.92. The number of alkyl halides is 1. The molecule has 3 rings (SSSR count). The number of fused-ring (bicyclic) bond motifs is 3. The van der Waals surface area contributed by atoms with Crippen LogP contribution in [-0.4, -0.2) is 30.6 Å². The van der Waals surface area contributed by atoms with Crippen LogP contribution in [0.3, 0.4) is 0 Å². The molecule has 1 aliphatic rings. The first-order valence-electron chi connectivity index (χ1n) is 8.37. The van der Waals surface area contributed by atoms with Crippen molar-refractivity contribution >= 4 is 40.1 Å². The van der Waals surface area contributed by atoms with E-state index in [2.05, 4.69) is 11.6 Å². The van der Waals surface area contributed by atoms with Gasteiger partial charge in [0.25, 0.3) is 0 Å². The minimum atomic E-state index is -0.560. The number of esters is 1. The molecule has 0 aromatic heterocycles. The van der Waals surface area contributed by atoms with Crippen molar-refractivity contribution in [2.45, 2.75) is 39.7 Å². The summed E-state index contributed by atoms with van der Waals surface area (Å²) in [5, 5.41) is 1.87. The number of rotatable bonds is 1. The molecule has 0 saturated carbocycles. The zero-order valence-electron chi connectivity index (χ0n) is 15.8. The van der Waals surface area contributed by atoms with Crippen molar-refractivity contribution in [2.75, 3.05) is 17.8 Å². The Morgan fingerprint density at radius 1 is 1.12 bits per heavy atom. The molecule has 5 nitrogen and oxygen atoms in total. The van der Waals surface area contributed by atoms with Crippen molar-refractivity contribution in [1.29, 1.82) is 0 Å². The zero-order chi connectivity index (χ0) is 19.5. The second-order valence-electron chi connectivity index (χ2n) is 6.89. The highest BCUT2D eigenvalue weighted by molar-refractivity contribution is 6.15. The van der Waals surface area contributed by atoms with Gasteiger partial charge < -0.3 is 9.47 Å². The molecule has 0 unspecified atom stereocenters. The number of carbonyl (C=O) groups is 2. The van der Waals surface area contributed by atoms with E-state index in [0.717, 1.165) is 28.4 Å². The van der Waals surface area contributed by atoms with Gasteiger partial charge in [-0.3, -0.25) is 9.69 Å². The Balaban J connectivity index is 0.00000117. The molecule has 0 radical (unpaired) electrons. The Kier molecular flexibility index (Phi) is 6.13. The summed E-state index contributed by atoms with van der Waals surface area (Å²) in [5.41, 5.74) is 1.27. The number of hydrogen-bond acceptors (Lipinski definition) is 4. The van der Waals surface area contributed by atoms with Gasteiger partial charge in [-0.2, -0.15) is 0 Å². The summed E-state index contributed by atoms with van der Waals surface area (Å²) in [6.07, 6.45) is 1.83. The Bertz CT molecular complexity index is 826. The molecule has 1 amide bonds. The van der Waals surface area contributed by atoms with E-state index >= 15 is 0 Å². The van der Waals surface area contributed by atoms with Crippen LogP contribution < -0.4 is 9.64 Å². The van der Waals surface area contributed by atoms with Crippen LogP contribution in [0.2, 0.25) is 0 Å². The maximum absolute atomic E-state index is 12.5. The van der Waals surface area contributed by atoms with Gasteiger partial charge in [-0.25, -0.2) is 4.79 Å². The summed E-state index contributed by atoms with van der Waals surface area (Å²) >= 11 is 4.64. The first-order chi connectivity index (χ1) is 12.3. The second-order valence-corrected chi connectivity index (χ2v) is 6.89. The molecule has 0 saturated heterocycles. The summed E-state index contributed by atoms with van der Waals surface area (Å²) in [6.45, 7) is 7.44. The van der Waals surface area contributed by atoms with Crippen molar-refractivity contribution in [1.82, 2.24) is 0 Å². The van der Waals surface area contributed by atoms with Crippen molar-refractivity contribution < 1.29 is 19.1 Å². The number of ether oxygens (including phenoxy) is 2. The molecule has 0 N–H and O–H groups in total. The quantitative estimate of drug-likeness (QED) is 0.402. The van der Waals surface area contributed by atoms with E-state index in [-0.39, 0.29) is 12.1 Å². The average molecular weight is 378 g/mol. The zero-order valence-corrected chi connectivity index (χ0v) is 16.5. The summed E-state index contributed by atoms with van der Waals surface area (Å²) in [5.74, 6) is 0.0780. The van der Waals surface area contributed by atoms with Gasteiger partial charge in [0, 0.05) is 31.3 Å². The fourth-order valence-electron chi connectivity index (χ4n) is 2.98. The standard InChI is InChI=1S/C19H21NO4.CH3Cl/c1-12(21)23-17-11-16-14(13-7-5-6-8-15(13)17)9-10-20(16)18(22)24-19(2,3)4;1-2/h5-8,11H,9-10H2,1-4H3;1H3. The lowest BCUT2D eigenvalue weighted by atomic mass is 10.0. The highest BCUT2D eigenvalue weighted by Gasteiger charge is 2.31. The van der Waals surface area contributed by atoms with Gasteiger partial charge in [-0.1, -0.05) is 24.3 Å². The molecule has 0 spiro atoms. The fourth-order valence-corrected chi connectivity index (χ4v) is 2.98. The van der Waals surface area contributed by atoms with Crippen LogP contribution in [0, 0.1) is 0 Å². The van der Waals surface area contributed by atoms with Gasteiger partial charge in [-0.15, -0.1) is 11.6 Å². The summed E-state index contributed by atoms with van der Waals surface area (Å²) in [4.78, 5) is 25.5. The molecule has 2 aromatic rings. The average Bonchev–Trinajstić information content (AvgIpc) is 2.99. The van der Waals surface area contributed by atoms with Crippen molar-refractivity contribution in [3.8, 4) is 5.75 Å². The van der Waals surface area contributed by atoms with Crippen LogP contribution in [0.4, 0.5) is 10.5 Å². The Labute approximate surface area is 158 Å². The van der Waals surface area contributed by atoms with Gasteiger partial charge in [0.2, 0.25) is 0 Å². The molecule has 26 heavy (non-hydrogen) atoms. The highest BCUT2D eigenvalue weighted by Crippen LogP contribution is 2.40. The van der Waals surface area contributed by atoms with E-state index in [1.54, 1.807) is 11.0 Å². The van der Waals surface area contributed by atoms with Crippen LogP contribution >= 0.6 is 11.6 Å². The lowest BCUT2D eigenvalue weighted by molar-refractivity contribution is -0.131. The topological polar surface area (TPSA) is 55.8 Å². The van der Waals surface area contributed by atoms with E-state index in [0.29, 0.717) is 12.3 Å². The van der Waals surface area contributed by atoms with Gasteiger partial charge in [0.05, 0.1) is 5.69 Å². The number of carbonyl (C=O) groups excluding carboxylic acids is 2. The maximum atomic E-state index is 12.5. The molecule has 2 aromatic carbocycles. The van der Waals surface area contributed by atoms with Gasteiger partial charge in [0.1, 0.15) is 11.4 Å². The molecule has 0 atom stereocenters. The molecule has 0 bridgehead atoms. The van der Waals surface area contributed by atoms with E-state index in [4.69, 9.17) is 9.47 Å². The van der Waals surface area contributed by atoms with Crippen molar-refractivity contribution in [2.24, 2.45) is 0 Å². The number of amides is 1. The van der Waals surface area contributed by atoms with E-state index in [1.165, 1.54) is 13.3 Å². The SMILES string of the molecule is CC(=O)Oc1cc2c(c3ccccc13)CCN2C(=O)OC(C)(C)C.CCl. The monoisotopic (exact) mass is 377 g/mol. The molecule has 0 fully saturated rings. The van der Waals surface area contributed by atoms with Crippen LogP contribution in [0.1, 0.15) is 33.3 Å². The molecule has 1 heterocycles. The summed E-state index contributed by atoms with van der Waals surface area (Å²) < 4.78 is 10.9. The Hall–Kier alpha value is -2.27. The maximum Gasteiger partial charge on any atom is 0.414 e. The number of benzene rings is 2. The number of anilines is 1. The summed E-state index contributed by atoms with van der Waals surface area (Å²) in [7, 11) is 0. The highest BCUT2D eigenvalue weighted by atomic mass is 35.5. The predicted molar refractivity (Wildman–Crippen MR) is 104 cm³/mol. The molecule has 1 aliphatic heterocycles. The first kappa shape index (κ1) is 20.0. The molecular weight excluding hydrogens is 354 g/mol. The molecule has 0 aliphatic carbocycles. The normalized spacial score (nSPS) is 12.9. The molecule has 140 valence electrons. The third kappa shape index (κ3) is 4.28. The smallest absolute Gasteiger partial charge is 0.414 e. The van der Waals surface area contributed by atoms with Crippen molar-refractivity contribution in [3.63, 3.8) is 0 Å². The largest absolute Gasteiger partial charge is 0.443 e. The van der Waals surface area contributed by atoms with Crippen molar-refractivity contribution in [3.05, 3.63) is 35.9 Å². The minimum Gasteiger partial charge on any atom is -0.443 e. The fraction of sp³-hybridized carbons (Fsp3) is 0.400. The third-order valence-corrected chi connectivity index (χ3v) is 3.84. The Morgan fingerprint density at radius 3 is 2.31 bits per heavy atom. The minimum absolute atomic E-state index is 0.384. The van der Waals surface area contributed by atoms with E-state index in [9.17, 15) is 9.59 Å². The van der Waals surface area contributed by atoms with Crippen LogP contribution in [-0.2, 0) is 16.0 Å². The van der Waals surface area contributed by atoms with Gasteiger partial charge in [-0.05, 0) is 38.1 Å². The number of nitrogens with zero attached hydrogens (tertiary/aromatic N) is 1. The molecule has 6 heteroatoms. The van der Waals surface area contributed by atoms with E-state index < -0.39 is 5.60 Å². The van der Waals surface area contributed by atoms with Crippen LogP contribution in [0.25, 0.3) is 10.8 Å². The number of hydrogen-bond donors (Lipinski definition) is 0. The lowest BCUT2D eigenvalue weighted by Gasteiger charge is -2.25. The van der Waals surface area contributed by atoms with E-state index in [1.807, 2.05) is 45.0 Å². The van der Waals surface area contributed by atoms with Crippen LogP contribution in [0.5, 0.6) is 5.75 Å². The van der Waals surface area contributed by atoms with Crippen LogP contribution in [0.15, 0.2) is 30.3 Å². The van der Waals surface area contributed by atoms with Gasteiger partial charge >= 0.3 is 12.1 Å². The van der Waals surface area contributed by atoms with Gasteiger partial charge in [0.15, 0.2) is 0 Å². The Morgan fingerprint density at radius 2 is 1.73 bits per heavy atom. The third-order valence-electron chi connectivity index (χ3n) is 3.84. The number of halogens is 1. The second kappa shape index (κ2) is 7.96. The lowest BCUT2D eigenvalue weighted by Crippen LogP contribution is -2.35.